The van der Waals surface area contributed by atoms with Gasteiger partial charge in [-0.15, -0.1) is 0 Å². The molecular formula is C19H22N4. The van der Waals surface area contributed by atoms with Crippen molar-refractivity contribution < 1.29 is 0 Å². The molecule has 0 aliphatic carbocycles. The van der Waals surface area contributed by atoms with Crippen LogP contribution in [-0.4, -0.2) is 26.2 Å². The van der Waals surface area contributed by atoms with Crippen LogP contribution in [0.15, 0.2) is 48.5 Å². The predicted molar refractivity (Wildman–Crippen MR) is 96.9 cm³/mol. The van der Waals surface area contributed by atoms with Gasteiger partial charge >= 0.3 is 0 Å². The summed E-state index contributed by atoms with van der Waals surface area (Å²) in [5.41, 5.74) is 17.6. The van der Waals surface area contributed by atoms with Gasteiger partial charge in [0, 0.05) is 48.7 Å². The van der Waals surface area contributed by atoms with Gasteiger partial charge in [-0.1, -0.05) is 36.4 Å². The molecule has 2 aromatic carbocycles. The molecule has 2 aliphatic heterocycles. The fraction of sp³-hybridized carbons (Fsp3) is 0.263. The molecule has 1 spiro atoms. The van der Waals surface area contributed by atoms with E-state index >= 15 is 0 Å². The molecule has 118 valence electrons. The van der Waals surface area contributed by atoms with Crippen LogP contribution in [-0.2, 0) is 0 Å². The normalized spacial score (nSPS) is 19.3. The molecule has 0 atom stereocenters. The second-order valence-electron chi connectivity index (χ2n) is 6.74. The van der Waals surface area contributed by atoms with Gasteiger partial charge in [0.25, 0.3) is 0 Å². The van der Waals surface area contributed by atoms with Crippen molar-refractivity contribution in [1.82, 2.24) is 5.32 Å². The highest BCUT2D eigenvalue weighted by Gasteiger charge is 2.47. The fourth-order valence-corrected chi connectivity index (χ4v) is 3.42. The monoisotopic (exact) mass is 306 g/mol. The van der Waals surface area contributed by atoms with E-state index in [1.165, 1.54) is 5.69 Å². The van der Waals surface area contributed by atoms with E-state index in [1.54, 1.807) is 0 Å². The summed E-state index contributed by atoms with van der Waals surface area (Å²) in [7, 11) is 0. The summed E-state index contributed by atoms with van der Waals surface area (Å²) in [5.74, 6) is 0. The molecule has 4 nitrogen and oxygen atoms in total. The first-order chi connectivity index (χ1) is 11.2. The number of nitrogen functional groups attached to an aromatic ring is 1. The van der Waals surface area contributed by atoms with Crippen molar-refractivity contribution in [2.75, 3.05) is 36.8 Å². The number of nitrogens with one attached hydrogen (secondary N) is 1. The molecule has 0 bridgehead atoms. The van der Waals surface area contributed by atoms with Gasteiger partial charge in [0.15, 0.2) is 0 Å². The molecule has 2 fully saturated rings. The molecule has 4 heteroatoms. The molecule has 0 radical (unpaired) electrons. The summed E-state index contributed by atoms with van der Waals surface area (Å²) in [4.78, 5) is 2.39. The van der Waals surface area contributed by atoms with Crippen LogP contribution in [0.4, 0.5) is 11.4 Å². The minimum atomic E-state index is 0.519. The molecule has 0 amide bonds. The first-order valence-electron chi connectivity index (χ1n) is 8.03. The van der Waals surface area contributed by atoms with Crippen molar-refractivity contribution >= 4 is 23.1 Å². The maximum Gasteiger partial charge on any atom is 0.0409 e. The number of anilines is 2. The Hall–Kier alpha value is -2.46. The Kier molecular flexibility index (Phi) is 3.27. The number of nitrogens with two attached hydrogens (primary N) is 2. The van der Waals surface area contributed by atoms with Crippen LogP contribution in [0.3, 0.4) is 0 Å². The summed E-state index contributed by atoms with van der Waals surface area (Å²) in [6.07, 6.45) is 1.95. The largest absolute Gasteiger partial charge is 0.398 e. The minimum absolute atomic E-state index is 0.519. The Morgan fingerprint density at radius 3 is 2.43 bits per heavy atom. The van der Waals surface area contributed by atoms with Crippen molar-refractivity contribution in [3.63, 3.8) is 0 Å². The van der Waals surface area contributed by atoms with E-state index in [4.69, 9.17) is 11.5 Å². The van der Waals surface area contributed by atoms with Crippen LogP contribution in [0, 0.1) is 5.41 Å². The zero-order valence-electron chi connectivity index (χ0n) is 13.1. The molecule has 2 aliphatic rings. The van der Waals surface area contributed by atoms with Gasteiger partial charge in [-0.25, -0.2) is 0 Å². The van der Waals surface area contributed by atoms with Gasteiger partial charge in [-0.05, 0) is 29.3 Å². The highest BCUT2D eigenvalue weighted by Crippen LogP contribution is 2.38. The summed E-state index contributed by atoms with van der Waals surface area (Å²) >= 11 is 0. The number of hydrogen-bond donors (Lipinski definition) is 3. The van der Waals surface area contributed by atoms with E-state index in [-0.39, 0.29) is 0 Å². The zero-order chi connectivity index (χ0) is 15.9. The Morgan fingerprint density at radius 1 is 1.09 bits per heavy atom. The lowest BCUT2D eigenvalue weighted by Crippen LogP contribution is -2.71. The zero-order valence-corrected chi connectivity index (χ0v) is 13.1. The Labute approximate surface area is 136 Å². The molecule has 0 saturated carbocycles. The maximum absolute atomic E-state index is 6.24. The third kappa shape index (κ3) is 2.55. The number of nitrogens with zero attached hydrogens (tertiary/aromatic N) is 1. The van der Waals surface area contributed by atoms with Crippen LogP contribution in [0.2, 0.25) is 0 Å². The van der Waals surface area contributed by atoms with Crippen LogP contribution >= 0.6 is 0 Å². The van der Waals surface area contributed by atoms with Crippen LogP contribution < -0.4 is 21.7 Å². The van der Waals surface area contributed by atoms with Crippen molar-refractivity contribution in [3.05, 3.63) is 59.7 Å². The predicted octanol–water partition coefficient (Wildman–Crippen LogP) is 2.14. The van der Waals surface area contributed by atoms with Gasteiger partial charge < -0.3 is 21.7 Å². The lowest BCUT2D eigenvalue weighted by Gasteiger charge is -2.57. The van der Waals surface area contributed by atoms with Gasteiger partial charge in [0.05, 0.1) is 0 Å². The average Bonchev–Trinajstić information content (AvgIpc) is 2.48. The topological polar surface area (TPSA) is 67.3 Å². The van der Waals surface area contributed by atoms with E-state index in [2.05, 4.69) is 28.4 Å². The Morgan fingerprint density at radius 2 is 1.83 bits per heavy atom. The number of benzene rings is 2. The fourth-order valence-electron chi connectivity index (χ4n) is 3.42. The number of rotatable bonds is 3. The molecule has 4 rings (SSSR count). The average molecular weight is 306 g/mol. The lowest BCUT2D eigenvalue weighted by molar-refractivity contribution is 0.121. The van der Waals surface area contributed by atoms with Gasteiger partial charge in [0.1, 0.15) is 0 Å². The molecule has 5 N–H and O–H groups in total. The highest BCUT2D eigenvalue weighted by atomic mass is 15.3. The molecule has 2 heterocycles. The number of hydrogen-bond acceptors (Lipinski definition) is 4. The smallest absolute Gasteiger partial charge is 0.0409 e. The van der Waals surface area contributed by atoms with E-state index in [0.29, 0.717) is 5.41 Å². The third-order valence-corrected chi connectivity index (χ3v) is 4.91. The van der Waals surface area contributed by atoms with E-state index in [1.807, 2.05) is 36.4 Å². The Balaban J connectivity index is 1.52. The first kappa shape index (κ1) is 14.2. The molecule has 2 aromatic rings. The quantitative estimate of drug-likeness (QED) is 0.600. The highest BCUT2D eigenvalue weighted by molar-refractivity contribution is 5.84. The van der Waals surface area contributed by atoms with E-state index < -0.39 is 0 Å². The van der Waals surface area contributed by atoms with Crippen LogP contribution in [0.5, 0.6) is 0 Å². The van der Waals surface area contributed by atoms with Gasteiger partial charge in [0.2, 0.25) is 0 Å². The van der Waals surface area contributed by atoms with Gasteiger partial charge in [-0.3, -0.25) is 0 Å². The molecule has 23 heavy (non-hydrogen) atoms. The van der Waals surface area contributed by atoms with Crippen LogP contribution in [0.1, 0.15) is 11.1 Å². The maximum atomic E-state index is 6.24. The summed E-state index contributed by atoms with van der Waals surface area (Å²) < 4.78 is 0. The van der Waals surface area contributed by atoms with Crippen molar-refractivity contribution in [2.45, 2.75) is 0 Å². The first-order valence-corrected chi connectivity index (χ1v) is 8.03. The standard InChI is InChI=1S/C19H22N4/c20-17(14-4-2-1-3-5-14)8-15-6-7-16(9-18(15)21)23-12-19(13-23)10-22-11-19/h1-9,22H,10-13,20-21H2/b17-8-. The van der Waals surface area contributed by atoms with Crippen molar-refractivity contribution in [2.24, 2.45) is 11.1 Å². The summed E-state index contributed by atoms with van der Waals surface area (Å²) in [5, 5.41) is 3.36. The SMILES string of the molecule is N/C(=C\c1ccc(N2CC3(CNC3)C2)cc1N)c1ccccc1. The second-order valence-corrected chi connectivity index (χ2v) is 6.74. The van der Waals surface area contributed by atoms with Crippen molar-refractivity contribution in [3.8, 4) is 0 Å². The molecule has 0 aromatic heterocycles. The summed E-state index contributed by atoms with van der Waals surface area (Å²) in [6, 6.07) is 16.2. The Bertz CT molecular complexity index is 739. The van der Waals surface area contributed by atoms with E-state index in [0.717, 1.165) is 48.7 Å². The minimum Gasteiger partial charge on any atom is -0.398 e. The third-order valence-electron chi connectivity index (χ3n) is 4.91. The molecule has 2 saturated heterocycles. The lowest BCUT2D eigenvalue weighted by atomic mass is 9.74. The summed E-state index contributed by atoms with van der Waals surface area (Å²) in [6.45, 7) is 4.54. The van der Waals surface area contributed by atoms with Crippen molar-refractivity contribution in [1.29, 1.82) is 0 Å². The molecular weight excluding hydrogens is 284 g/mol. The van der Waals surface area contributed by atoms with E-state index in [9.17, 15) is 0 Å². The second kappa shape index (κ2) is 5.32. The van der Waals surface area contributed by atoms with Gasteiger partial charge in [-0.2, -0.15) is 0 Å². The molecule has 0 unspecified atom stereocenters. The van der Waals surface area contributed by atoms with Crippen LogP contribution in [0.25, 0.3) is 11.8 Å².